The summed E-state index contributed by atoms with van der Waals surface area (Å²) in [5, 5.41) is 0.673. The lowest BCUT2D eigenvalue weighted by Gasteiger charge is -2.24. The van der Waals surface area contributed by atoms with E-state index in [1.165, 1.54) is 0 Å². The largest absolute Gasteiger partial charge is 0.339 e. The molecule has 1 atom stereocenters. The Labute approximate surface area is 118 Å². The highest BCUT2D eigenvalue weighted by molar-refractivity contribution is 6.30. The van der Waals surface area contributed by atoms with Gasteiger partial charge in [-0.25, -0.2) is 0 Å². The number of carbonyl (C=O) groups excluding carboxylic acids is 2. The first-order valence-corrected chi connectivity index (χ1v) is 6.97. The quantitative estimate of drug-likeness (QED) is 0.850. The zero-order chi connectivity index (χ0) is 13.8. The number of amides is 1. The minimum atomic E-state index is 0.0947. The maximum Gasteiger partial charge on any atom is 0.227 e. The lowest BCUT2D eigenvalue weighted by molar-refractivity contribution is -0.132. The SMILES string of the molecule is CC(=O)CC1CCCN1C(=O)Cc1ccc(Cl)cc1. The fraction of sp³-hybridized carbons (Fsp3) is 0.467. The van der Waals surface area contributed by atoms with Crippen LogP contribution in [0.2, 0.25) is 5.02 Å². The molecule has 1 aliphatic heterocycles. The molecular weight excluding hydrogens is 262 g/mol. The van der Waals surface area contributed by atoms with Gasteiger partial charge in [-0.1, -0.05) is 23.7 Å². The highest BCUT2D eigenvalue weighted by Gasteiger charge is 2.29. The van der Waals surface area contributed by atoms with Crippen LogP contribution in [-0.4, -0.2) is 29.2 Å². The van der Waals surface area contributed by atoms with Crippen molar-refractivity contribution in [3.05, 3.63) is 34.9 Å². The summed E-state index contributed by atoms with van der Waals surface area (Å²) >= 11 is 5.82. The van der Waals surface area contributed by atoms with Crippen molar-refractivity contribution in [1.29, 1.82) is 0 Å². The maximum atomic E-state index is 12.3. The topological polar surface area (TPSA) is 37.4 Å². The van der Waals surface area contributed by atoms with E-state index in [-0.39, 0.29) is 17.7 Å². The molecule has 0 aromatic heterocycles. The molecule has 0 N–H and O–H groups in total. The van der Waals surface area contributed by atoms with Crippen LogP contribution in [-0.2, 0) is 16.0 Å². The minimum Gasteiger partial charge on any atom is -0.339 e. The molecule has 0 aliphatic carbocycles. The molecule has 0 spiro atoms. The van der Waals surface area contributed by atoms with Crippen LogP contribution in [0.4, 0.5) is 0 Å². The van der Waals surface area contributed by atoms with Crippen molar-refractivity contribution in [2.45, 2.75) is 38.6 Å². The summed E-state index contributed by atoms with van der Waals surface area (Å²) in [5.41, 5.74) is 0.961. The second kappa shape index (κ2) is 6.20. The molecule has 4 heteroatoms. The third-order valence-electron chi connectivity index (χ3n) is 3.49. The number of halogens is 1. The molecule has 1 fully saturated rings. The lowest BCUT2D eigenvalue weighted by Crippen LogP contribution is -2.37. The van der Waals surface area contributed by atoms with Crippen molar-refractivity contribution < 1.29 is 9.59 Å². The van der Waals surface area contributed by atoms with E-state index in [9.17, 15) is 9.59 Å². The number of hydrogen-bond donors (Lipinski definition) is 0. The molecule has 1 heterocycles. The normalized spacial score (nSPS) is 18.6. The number of Topliss-reactive ketones (excluding diaryl/α,β-unsaturated/α-hetero) is 1. The molecular formula is C15H18ClNO2. The smallest absolute Gasteiger partial charge is 0.227 e. The van der Waals surface area contributed by atoms with Gasteiger partial charge in [-0.15, -0.1) is 0 Å². The molecule has 2 rings (SSSR count). The first-order valence-electron chi connectivity index (χ1n) is 6.59. The van der Waals surface area contributed by atoms with Gasteiger partial charge >= 0.3 is 0 Å². The Bertz CT molecular complexity index is 470. The van der Waals surface area contributed by atoms with Gasteiger partial charge in [0, 0.05) is 24.0 Å². The van der Waals surface area contributed by atoms with E-state index in [1.54, 1.807) is 19.1 Å². The van der Waals surface area contributed by atoms with Gasteiger partial charge in [0.25, 0.3) is 0 Å². The van der Waals surface area contributed by atoms with Crippen molar-refractivity contribution in [1.82, 2.24) is 4.90 Å². The molecule has 1 saturated heterocycles. The second-order valence-electron chi connectivity index (χ2n) is 5.09. The number of ketones is 1. The molecule has 1 aromatic rings. The summed E-state index contributed by atoms with van der Waals surface area (Å²) in [5.74, 6) is 0.252. The predicted molar refractivity (Wildman–Crippen MR) is 75.2 cm³/mol. The molecule has 1 aliphatic rings. The van der Waals surface area contributed by atoms with Crippen LogP contribution < -0.4 is 0 Å². The molecule has 0 bridgehead atoms. The van der Waals surface area contributed by atoms with Crippen molar-refractivity contribution in [2.75, 3.05) is 6.54 Å². The van der Waals surface area contributed by atoms with Gasteiger partial charge in [0.05, 0.1) is 6.42 Å². The minimum absolute atomic E-state index is 0.0947. The highest BCUT2D eigenvalue weighted by atomic mass is 35.5. The van der Waals surface area contributed by atoms with E-state index >= 15 is 0 Å². The Hall–Kier alpha value is -1.35. The first kappa shape index (κ1) is 14.1. The Morgan fingerprint density at radius 3 is 2.63 bits per heavy atom. The predicted octanol–water partition coefficient (Wildman–Crippen LogP) is 2.85. The zero-order valence-corrected chi connectivity index (χ0v) is 11.8. The van der Waals surface area contributed by atoms with Crippen LogP contribution in [0, 0.1) is 0 Å². The van der Waals surface area contributed by atoms with Crippen molar-refractivity contribution in [3.63, 3.8) is 0 Å². The Balaban J connectivity index is 1.98. The molecule has 0 radical (unpaired) electrons. The lowest BCUT2D eigenvalue weighted by atomic mass is 10.1. The molecule has 102 valence electrons. The molecule has 19 heavy (non-hydrogen) atoms. The summed E-state index contributed by atoms with van der Waals surface area (Å²) in [6, 6.07) is 7.42. The fourth-order valence-corrected chi connectivity index (χ4v) is 2.71. The summed E-state index contributed by atoms with van der Waals surface area (Å²) in [6.07, 6.45) is 2.79. The molecule has 1 unspecified atom stereocenters. The van der Waals surface area contributed by atoms with E-state index in [0.717, 1.165) is 24.9 Å². The van der Waals surface area contributed by atoms with E-state index in [2.05, 4.69) is 0 Å². The highest BCUT2D eigenvalue weighted by Crippen LogP contribution is 2.21. The van der Waals surface area contributed by atoms with Crippen LogP contribution in [0.5, 0.6) is 0 Å². The Kier molecular flexibility index (Phi) is 4.59. The molecule has 1 aromatic carbocycles. The second-order valence-corrected chi connectivity index (χ2v) is 5.53. The Morgan fingerprint density at radius 2 is 2.00 bits per heavy atom. The Morgan fingerprint density at radius 1 is 1.32 bits per heavy atom. The zero-order valence-electron chi connectivity index (χ0n) is 11.1. The third kappa shape index (κ3) is 3.80. The van der Waals surface area contributed by atoms with Crippen LogP contribution in [0.1, 0.15) is 31.7 Å². The average Bonchev–Trinajstić information content (AvgIpc) is 2.79. The number of benzene rings is 1. The monoisotopic (exact) mass is 279 g/mol. The number of nitrogens with zero attached hydrogens (tertiary/aromatic N) is 1. The van der Waals surface area contributed by atoms with Crippen LogP contribution >= 0.6 is 11.6 Å². The van der Waals surface area contributed by atoms with Crippen LogP contribution in [0.15, 0.2) is 24.3 Å². The van der Waals surface area contributed by atoms with Crippen LogP contribution in [0.25, 0.3) is 0 Å². The van der Waals surface area contributed by atoms with Crippen molar-refractivity contribution in [2.24, 2.45) is 0 Å². The third-order valence-corrected chi connectivity index (χ3v) is 3.74. The van der Waals surface area contributed by atoms with Gasteiger partial charge in [0.1, 0.15) is 5.78 Å². The van der Waals surface area contributed by atoms with E-state index in [1.807, 2.05) is 17.0 Å². The summed E-state index contributed by atoms with van der Waals surface area (Å²) in [7, 11) is 0. The number of carbonyl (C=O) groups is 2. The first-order chi connectivity index (χ1) is 9.06. The van der Waals surface area contributed by atoms with Crippen LogP contribution in [0.3, 0.4) is 0 Å². The summed E-state index contributed by atoms with van der Waals surface area (Å²) in [6.45, 7) is 2.35. The van der Waals surface area contributed by atoms with Gasteiger partial charge in [0.2, 0.25) is 5.91 Å². The number of rotatable bonds is 4. The van der Waals surface area contributed by atoms with E-state index < -0.39 is 0 Å². The molecule has 0 saturated carbocycles. The average molecular weight is 280 g/mol. The molecule has 3 nitrogen and oxygen atoms in total. The number of likely N-dealkylation sites (tertiary alicyclic amines) is 1. The fourth-order valence-electron chi connectivity index (χ4n) is 2.59. The van der Waals surface area contributed by atoms with Crippen molar-refractivity contribution in [3.8, 4) is 0 Å². The molecule has 1 amide bonds. The van der Waals surface area contributed by atoms with Gasteiger partial charge in [-0.05, 0) is 37.5 Å². The van der Waals surface area contributed by atoms with Gasteiger partial charge in [-0.3, -0.25) is 9.59 Å². The van der Waals surface area contributed by atoms with Crippen molar-refractivity contribution >= 4 is 23.3 Å². The van der Waals surface area contributed by atoms with Gasteiger partial charge < -0.3 is 4.90 Å². The van der Waals surface area contributed by atoms with E-state index in [4.69, 9.17) is 11.6 Å². The summed E-state index contributed by atoms with van der Waals surface area (Å²) in [4.78, 5) is 25.3. The number of hydrogen-bond acceptors (Lipinski definition) is 2. The maximum absolute atomic E-state index is 12.3. The van der Waals surface area contributed by atoms with Gasteiger partial charge in [-0.2, -0.15) is 0 Å². The van der Waals surface area contributed by atoms with E-state index in [0.29, 0.717) is 17.9 Å². The standard InChI is InChI=1S/C15H18ClNO2/c1-11(18)9-14-3-2-8-17(14)15(19)10-12-4-6-13(16)7-5-12/h4-7,14H,2-3,8-10H2,1H3. The summed E-state index contributed by atoms with van der Waals surface area (Å²) < 4.78 is 0. The van der Waals surface area contributed by atoms with Gasteiger partial charge in [0.15, 0.2) is 0 Å².